The lowest BCUT2D eigenvalue weighted by Crippen LogP contribution is -2.43. The van der Waals surface area contributed by atoms with E-state index in [2.05, 4.69) is 10.2 Å². The number of hydrogen-bond acceptors (Lipinski definition) is 4. The normalized spacial score (nSPS) is 16.0. The average molecular weight is 373 g/mol. The number of aldehydes is 1. The van der Waals surface area contributed by atoms with E-state index in [1.54, 1.807) is 24.3 Å². The lowest BCUT2D eigenvalue weighted by Gasteiger charge is -2.35. The molecule has 1 amide bonds. The molecule has 0 spiro atoms. The van der Waals surface area contributed by atoms with Crippen LogP contribution in [0, 0.1) is 0 Å². The molecule has 1 fully saturated rings. The molecule has 1 aliphatic heterocycles. The van der Waals surface area contributed by atoms with Gasteiger partial charge in [0.05, 0.1) is 19.3 Å². The van der Waals surface area contributed by atoms with Crippen molar-refractivity contribution < 1.29 is 14.3 Å². The highest BCUT2D eigenvalue weighted by Gasteiger charge is 2.23. The van der Waals surface area contributed by atoms with Crippen LogP contribution in [0.25, 0.3) is 0 Å². The van der Waals surface area contributed by atoms with Gasteiger partial charge >= 0.3 is 0 Å². The Morgan fingerprint density at radius 2 is 1.77 bits per heavy atom. The van der Waals surface area contributed by atoms with Gasteiger partial charge in [0.1, 0.15) is 6.29 Å². The number of hydrogen-bond donors (Lipinski definition) is 1. The number of amides is 1. The number of nitrogens with zero attached hydrogens (tertiary/aromatic N) is 1. The minimum absolute atomic E-state index is 0.0503. The Hall–Kier alpha value is -2.21. The van der Waals surface area contributed by atoms with Gasteiger partial charge in [0.15, 0.2) is 0 Å². The second-order valence-corrected chi connectivity index (χ2v) is 6.60. The Kier molecular flexibility index (Phi) is 6.39. The van der Waals surface area contributed by atoms with E-state index in [1.807, 2.05) is 24.3 Å². The van der Waals surface area contributed by atoms with Crippen LogP contribution in [0.1, 0.15) is 32.3 Å². The molecule has 0 aromatic heterocycles. The molecule has 1 saturated heterocycles. The molecule has 2 aromatic carbocycles. The topological polar surface area (TPSA) is 58.6 Å². The molecule has 3 rings (SSSR count). The van der Waals surface area contributed by atoms with E-state index < -0.39 is 0 Å². The van der Waals surface area contributed by atoms with Gasteiger partial charge < -0.3 is 10.1 Å². The second-order valence-electron chi connectivity index (χ2n) is 6.17. The summed E-state index contributed by atoms with van der Waals surface area (Å²) in [4.78, 5) is 25.5. The zero-order valence-electron chi connectivity index (χ0n) is 14.4. The number of rotatable bonds is 6. The molecular weight excluding hydrogens is 352 g/mol. The van der Waals surface area contributed by atoms with Crippen LogP contribution in [0.2, 0.25) is 5.02 Å². The Morgan fingerprint density at radius 1 is 1.12 bits per heavy atom. The number of halogens is 1. The largest absolute Gasteiger partial charge is 0.379 e. The van der Waals surface area contributed by atoms with Crippen LogP contribution in [0.15, 0.2) is 48.5 Å². The van der Waals surface area contributed by atoms with Crippen molar-refractivity contribution in [1.29, 1.82) is 0 Å². The van der Waals surface area contributed by atoms with E-state index in [-0.39, 0.29) is 11.9 Å². The predicted octanol–water partition coefficient (Wildman–Crippen LogP) is 2.96. The summed E-state index contributed by atoms with van der Waals surface area (Å²) in [5, 5.41) is 3.69. The van der Waals surface area contributed by atoms with Crippen LogP contribution in [0.4, 0.5) is 0 Å². The molecule has 6 heteroatoms. The summed E-state index contributed by atoms with van der Waals surface area (Å²) in [6.45, 7) is 3.49. The summed E-state index contributed by atoms with van der Waals surface area (Å²) < 4.78 is 5.44. The molecule has 1 aliphatic rings. The molecular formula is C20H21ClN2O3. The zero-order valence-corrected chi connectivity index (χ0v) is 15.1. The lowest BCUT2D eigenvalue weighted by atomic mass is 10.0. The summed E-state index contributed by atoms with van der Waals surface area (Å²) in [5.74, 6) is -0.158. The van der Waals surface area contributed by atoms with Crippen LogP contribution in [-0.4, -0.2) is 49.9 Å². The standard InChI is InChI=1S/C20H21ClN2O3/c21-18-7-5-16(6-8-18)19(23-9-11-26-12-10-23)13-22-20(25)17-3-1-15(14-24)2-4-17/h1-8,14,19H,9-13H2,(H,22,25). The van der Waals surface area contributed by atoms with Crippen LogP contribution < -0.4 is 5.32 Å². The van der Waals surface area contributed by atoms with E-state index in [4.69, 9.17) is 16.3 Å². The van der Waals surface area contributed by atoms with Crippen molar-refractivity contribution in [3.8, 4) is 0 Å². The fourth-order valence-corrected chi connectivity index (χ4v) is 3.16. The third kappa shape index (κ3) is 4.69. The summed E-state index contributed by atoms with van der Waals surface area (Å²) in [5.41, 5.74) is 2.19. The molecule has 1 N–H and O–H groups in total. The third-order valence-electron chi connectivity index (χ3n) is 4.51. The quantitative estimate of drug-likeness (QED) is 0.792. The van der Waals surface area contributed by atoms with Crippen LogP contribution in [-0.2, 0) is 4.74 Å². The third-order valence-corrected chi connectivity index (χ3v) is 4.76. The number of nitrogens with one attached hydrogen (secondary N) is 1. The Labute approximate surface area is 157 Å². The molecule has 1 heterocycles. The van der Waals surface area contributed by atoms with Crippen molar-refractivity contribution in [3.63, 3.8) is 0 Å². The highest BCUT2D eigenvalue weighted by Crippen LogP contribution is 2.23. The number of benzene rings is 2. The molecule has 1 unspecified atom stereocenters. The van der Waals surface area contributed by atoms with E-state index in [1.165, 1.54) is 0 Å². The van der Waals surface area contributed by atoms with Crippen LogP contribution >= 0.6 is 11.6 Å². The predicted molar refractivity (Wildman–Crippen MR) is 101 cm³/mol. The smallest absolute Gasteiger partial charge is 0.251 e. The Morgan fingerprint density at radius 3 is 2.38 bits per heavy atom. The zero-order chi connectivity index (χ0) is 18.4. The van der Waals surface area contributed by atoms with Gasteiger partial charge in [0.2, 0.25) is 0 Å². The molecule has 26 heavy (non-hydrogen) atoms. The second kappa shape index (κ2) is 8.94. The van der Waals surface area contributed by atoms with Crippen molar-refractivity contribution >= 4 is 23.8 Å². The molecule has 0 radical (unpaired) electrons. The van der Waals surface area contributed by atoms with Crippen LogP contribution in [0.5, 0.6) is 0 Å². The maximum Gasteiger partial charge on any atom is 0.251 e. The molecule has 136 valence electrons. The van der Waals surface area contributed by atoms with Gasteiger partial charge in [0.25, 0.3) is 5.91 Å². The van der Waals surface area contributed by atoms with Crippen molar-refractivity contribution in [1.82, 2.24) is 10.2 Å². The minimum Gasteiger partial charge on any atom is -0.379 e. The first-order valence-electron chi connectivity index (χ1n) is 8.58. The van der Waals surface area contributed by atoms with Gasteiger partial charge in [-0.2, -0.15) is 0 Å². The van der Waals surface area contributed by atoms with Gasteiger partial charge in [-0.15, -0.1) is 0 Å². The highest BCUT2D eigenvalue weighted by molar-refractivity contribution is 6.30. The molecule has 0 bridgehead atoms. The number of carbonyl (C=O) groups excluding carboxylic acids is 2. The van der Waals surface area contributed by atoms with Gasteiger partial charge in [-0.1, -0.05) is 35.9 Å². The van der Waals surface area contributed by atoms with Crippen molar-refractivity contribution in [2.45, 2.75) is 6.04 Å². The highest BCUT2D eigenvalue weighted by atomic mass is 35.5. The monoisotopic (exact) mass is 372 g/mol. The summed E-state index contributed by atoms with van der Waals surface area (Å²) in [7, 11) is 0. The van der Waals surface area contributed by atoms with Crippen molar-refractivity contribution in [2.24, 2.45) is 0 Å². The van der Waals surface area contributed by atoms with Gasteiger partial charge in [-0.05, 0) is 29.8 Å². The number of carbonyl (C=O) groups is 2. The van der Waals surface area contributed by atoms with Crippen molar-refractivity contribution in [2.75, 3.05) is 32.8 Å². The van der Waals surface area contributed by atoms with Gasteiger partial charge in [-0.25, -0.2) is 0 Å². The Bertz CT molecular complexity index is 741. The number of ether oxygens (including phenoxy) is 1. The first-order chi connectivity index (χ1) is 12.7. The van der Waals surface area contributed by atoms with E-state index in [9.17, 15) is 9.59 Å². The summed E-state index contributed by atoms with van der Waals surface area (Å²) in [6.07, 6.45) is 0.761. The first-order valence-corrected chi connectivity index (χ1v) is 8.96. The lowest BCUT2D eigenvalue weighted by molar-refractivity contribution is 0.0162. The van der Waals surface area contributed by atoms with Gasteiger partial charge in [-0.3, -0.25) is 14.5 Å². The molecule has 1 atom stereocenters. The van der Waals surface area contributed by atoms with Gasteiger partial charge in [0, 0.05) is 35.8 Å². The maximum atomic E-state index is 12.5. The number of morpholine rings is 1. The maximum absolute atomic E-state index is 12.5. The fourth-order valence-electron chi connectivity index (χ4n) is 3.04. The first kappa shape index (κ1) is 18.6. The molecule has 2 aromatic rings. The van der Waals surface area contributed by atoms with E-state index in [0.29, 0.717) is 35.9 Å². The molecule has 0 aliphatic carbocycles. The van der Waals surface area contributed by atoms with E-state index >= 15 is 0 Å². The van der Waals surface area contributed by atoms with E-state index in [0.717, 1.165) is 24.9 Å². The summed E-state index contributed by atoms with van der Waals surface area (Å²) in [6, 6.07) is 14.4. The minimum atomic E-state index is -0.158. The SMILES string of the molecule is O=Cc1ccc(C(=O)NCC(c2ccc(Cl)cc2)N2CCOCC2)cc1. The van der Waals surface area contributed by atoms with Crippen LogP contribution in [0.3, 0.4) is 0 Å². The molecule has 0 saturated carbocycles. The average Bonchev–Trinajstić information content (AvgIpc) is 2.70. The summed E-state index contributed by atoms with van der Waals surface area (Å²) >= 11 is 6.01. The van der Waals surface area contributed by atoms with Crippen molar-refractivity contribution in [3.05, 3.63) is 70.2 Å². The molecule has 5 nitrogen and oxygen atoms in total. The Balaban J connectivity index is 1.71. The fraction of sp³-hybridized carbons (Fsp3) is 0.300.